The van der Waals surface area contributed by atoms with Crippen LogP contribution in [0.15, 0.2) is 54.6 Å². The molecule has 0 aromatic heterocycles. The van der Waals surface area contributed by atoms with Gasteiger partial charge in [-0.2, -0.15) is 0 Å². The van der Waals surface area contributed by atoms with E-state index in [1.165, 1.54) is 0 Å². The van der Waals surface area contributed by atoms with Crippen LogP contribution in [-0.4, -0.2) is 5.97 Å². The van der Waals surface area contributed by atoms with Crippen LogP contribution < -0.4 is 34.7 Å². The van der Waals surface area contributed by atoms with Crippen LogP contribution in [0.1, 0.15) is 21.5 Å². The molecule has 0 saturated carbocycles. The molecule has 0 saturated heterocycles. The molecule has 0 N–H and O–H groups in total. The molecule has 2 nitrogen and oxygen atoms in total. The summed E-state index contributed by atoms with van der Waals surface area (Å²) in [5, 5.41) is 10.9. The van der Waals surface area contributed by atoms with Gasteiger partial charge in [0.1, 0.15) is 0 Å². The van der Waals surface area contributed by atoms with Gasteiger partial charge in [0.05, 0.1) is 5.97 Å². The summed E-state index contributed by atoms with van der Waals surface area (Å²) >= 11 is 0. The van der Waals surface area contributed by atoms with Gasteiger partial charge in [0, 0.05) is 5.56 Å². The SMILES string of the molecule is O=C([O-])c1ccccc1Cc1ccccc1.[Na+]. The number of rotatable bonds is 3. The van der Waals surface area contributed by atoms with Gasteiger partial charge in [0.2, 0.25) is 0 Å². The Balaban J connectivity index is 0.00000144. The number of hydrogen-bond acceptors (Lipinski definition) is 2. The molecular weight excluding hydrogens is 223 g/mol. The smallest absolute Gasteiger partial charge is 0.545 e. The average Bonchev–Trinajstić information content (AvgIpc) is 2.31. The third-order valence-corrected chi connectivity index (χ3v) is 2.47. The molecule has 0 radical (unpaired) electrons. The largest absolute Gasteiger partial charge is 1.00 e. The number of aromatic carboxylic acids is 1. The quantitative estimate of drug-likeness (QED) is 0.616. The summed E-state index contributed by atoms with van der Waals surface area (Å²) in [5.74, 6) is -1.12. The second kappa shape index (κ2) is 6.60. The zero-order valence-corrected chi connectivity index (χ0v) is 11.7. The predicted octanol–water partition coefficient (Wildman–Crippen LogP) is -1.36. The van der Waals surface area contributed by atoms with Crippen LogP contribution in [0.25, 0.3) is 0 Å². The Kier molecular flexibility index (Phi) is 5.42. The summed E-state index contributed by atoms with van der Waals surface area (Å²) in [6, 6.07) is 16.7. The molecule has 0 fully saturated rings. The fraction of sp³-hybridized carbons (Fsp3) is 0.0714. The van der Waals surface area contributed by atoms with Crippen molar-refractivity contribution in [3.63, 3.8) is 0 Å². The normalized spacial score (nSPS) is 9.41. The summed E-state index contributed by atoms with van der Waals surface area (Å²) in [6.45, 7) is 0. The standard InChI is InChI=1S/C14H12O2.Na/c15-14(16)13-9-5-4-8-12(13)10-11-6-2-1-3-7-11;/h1-9H,10H2,(H,15,16);/q;+1/p-1. The monoisotopic (exact) mass is 234 g/mol. The number of carbonyl (C=O) groups excluding carboxylic acids is 1. The fourth-order valence-electron chi connectivity index (χ4n) is 1.69. The molecule has 0 aliphatic carbocycles. The molecule has 0 atom stereocenters. The zero-order valence-electron chi connectivity index (χ0n) is 9.72. The molecule has 0 aliphatic heterocycles. The van der Waals surface area contributed by atoms with Gasteiger partial charge in [-0.15, -0.1) is 0 Å². The van der Waals surface area contributed by atoms with Gasteiger partial charge >= 0.3 is 29.6 Å². The van der Waals surface area contributed by atoms with Crippen molar-refractivity contribution < 1.29 is 39.5 Å². The molecule has 2 aromatic carbocycles. The topological polar surface area (TPSA) is 40.1 Å². The van der Waals surface area contributed by atoms with E-state index in [0.717, 1.165) is 11.1 Å². The fourth-order valence-corrected chi connectivity index (χ4v) is 1.69. The average molecular weight is 234 g/mol. The summed E-state index contributed by atoms with van der Waals surface area (Å²) in [6.07, 6.45) is 0.616. The third kappa shape index (κ3) is 3.70. The minimum atomic E-state index is -1.12. The molecule has 0 spiro atoms. The molecule has 2 aromatic rings. The van der Waals surface area contributed by atoms with Gasteiger partial charge in [-0.25, -0.2) is 0 Å². The van der Waals surface area contributed by atoms with Gasteiger partial charge in [0.25, 0.3) is 0 Å². The van der Waals surface area contributed by atoms with Gasteiger partial charge in [-0.05, 0) is 17.5 Å². The predicted molar refractivity (Wildman–Crippen MR) is 60.0 cm³/mol. The molecule has 0 heterocycles. The number of carbonyl (C=O) groups is 1. The van der Waals surface area contributed by atoms with Crippen molar-refractivity contribution in [3.8, 4) is 0 Å². The van der Waals surface area contributed by atoms with Crippen molar-refractivity contribution >= 4 is 5.97 Å². The van der Waals surface area contributed by atoms with Crippen molar-refractivity contribution in [2.24, 2.45) is 0 Å². The van der Waals surface area contributed by atoms with E-state index in [4.69, 9.17) is 0 Å². The second-order valence-corrected chi connectivity index (χ2v) is 3.61. The number of carboxylic acid groups (broad SMARTS) is 1. The van der Waals surface area contributed by atoms with E-state index in [1.54, 1.807) is 12.1 Å². The van der Waals surface area contributed by atoms with Crippen LogP contribution in [0, 0.1) is 0 Å². The Bertz CT molecular complexity index is 495. The zero-order chi connectivity index (χ0) is 11.4. The molecular formula is C14H11NaO2. The molecule has 80 valence electrons. The Morgan fingerprint density at radius 2 is 1.53 bits per heavy atom. The first-order chi connectivity index (χ1) is 7.77. The maximum Gasteiger partial charge on any atom is 1.00 e. The summed E-state index contributed by atoms with van der Waals surface area (Å²) in [7, 11) is 0. The van der Waals surface area contributed by atoms with Crippen molar-refractivity contribution in [2.45, 2.75) is 6.42 Å². The maximum atomic E-state index is 10.9. The number of carboxylic acids is 1. The Labute approximate surface area is 123 Å². The molecule has 2 rings (SSSR count). The van der Waals surface area contributed by atoms with Gasteiger partial charge in [-0.1, -0.05) is 54.6 Å². The van der Waals surface area contributed by atoms with Crippen LogP contribution in [0.4, 0.5) is 0 Å². The van der Waals surface area contributed by atoms with Crippen molar-refractivity contribution in [1.82, 2.24) is 0 Å². The first kappa shape index (κ1) is 14.0. The minimum Gasteiger partial charge on any atom is -0.545 e. The first-order valence-corrected chi connectivity index (χ1v) is 5.10. The van der Waals surface area contributed by atoms with Gasteiger partial charge in [-0.3, -0.25) is 0 Å². The Hall–Kier alpha value is -1.09. The van der Waals surface area contributed by atoms with Crippen molar-refractivity contribution in [1.29, 1.82) is 0 Å². The minimum absolute atomic E-state index is 0. The maximum absolute atomic E-state index is 10.9. The van der Waals surface area contributed by atoms with Crippen molar-refractivity contribution in [3.05, 3.63) is 71.3 Å². The molecule has 17 heavy (non-hydrogen) atoms. The van der Waals surface area contributed by atoms with Crippen LogP contribution in [-0.2, 0) is 6.42 Å². The second-order valence-electron chi connectivity index (χ2n) is 3.61. The summed E-state index contributed by atoms with van der Waals surface area (Å²) in [5.41, 5.74) is 2.15. The molecule has 0 bridgehead atoms. The van der Waals surface area contributed by atoms with E-state index in [9.17, 15) is 9.90 Å². The van der Waals surface area contributed by atoms with E-state index in [0.29, 0.717) is 6.42 Å². The first-order valence-electron chi connectivity index (χ1n) is 5.10. The Morgan fingerprint density at radius 1 is 0.941 bits per heavy atom. The van der Waals surface area contributed by atoms with E-state index in [-0.39, 0.29) is 35.1 Å². The van der Waals surface area contributed by atoms with Crippen molar-refractivity contribution in [2.75, 3.05) is 0 Å². The molecule has 0 unspecified atom stereocenters. The van der Waals surface area contributed by atoms with E-state index < -0.39 is 5.97 Å². The molecule has 0 amide bonds. The van der Waals surface area contributed by atoms with E-state index in [2.05, 4.69) is 0 Å². The third-order valence-electron chi connectivity index (χ3n) is 2.47. The van der Waals surface area contributed by atoms with Crippen LogP contribution >= 0.6 is 0 Å². The van der Waals surface area contributed by atoms with E-state index >= 15 is 0 Å². The van der Waals surface area contributed by atoms with Crippen LogP contribution in [0.5, 0.6) is 0 Å². The van der Waals surface area contributed by atoms with Gasteiger partial charge < -0.3 is 9.90 Å². The Morgan fingerprint density at radius 3 is 2.18 bits per heavy atom. The van der Waals surface area contributed by atoms with Crippen LogP contribution in [0.3, 0.4) is 0 Å². The summed E-state index contributed by atoms with van der Waals surface area (Å²) in [4.78, 5) is 10.9. The number of benzene rings is 2. The molecule has 3 heteroatoms. The van der Waals surface area contributed by atoms with Crippen LogP contribution in [0.2, 0.25) is 0 Å². The summed E-state index contributed by atoms with van der Waals surface area (Å²) < 4.78 is 0. The van der Waals surface area contributed by atoms with E-state index in [1.807, 2.05) is 42.5 Å². The molecule has 0 aliphatic rings. The van der Waals surface area contributed by atoms with Gasteiger partial charge in [0.15, 0.2) is 0 Å². The number of hydrogen-bond donors (Lipinski definition) is 0.